The number of aliphatic hydroxyl groups excluding tert-OH is 1. The van der Waals surface area contributed by atoms with E-state index >= 15 is 0 Å². The van der Waals surface area contributed by atoms with E-state index in [0.29, 0.717) is 13.1 Å². The van der Waals surface area contributed by atoms with Crippen LogP contribution in [0.2, 0.25) is 0 Å². The van der Waals surface area contributed by atoms with E-state index in [9.17, 15) is 4.79 Å². The highest BCUT2D eigenvalue weighted by Gasteiger charge is 2.36. The van der Waals surface area contributed by atoms with E-state index in [1.165, 1.54) is 12.8 Å². The summed E-state index contributed by atoms with van der Waals surface area (Å²) in [6.07, 6.45) is 6.36. The molecule has 0 aromatic heterocycles. The molecule has 1 amide bonds. The van der Waals surface area contributed by atoms with Crippen LogP contribution in [0.5, 0.6) is 0 Å². The lowest BCUT2D eigenvalue weighted by Gasteiger charge is -2.29. The molecule has 15 heavy (non-hydrogen) atoms. The molecule has 0 radical (unpaired) electrons. The van der Waals surface area contributed by atoms with Crippen molar-refractivity contribution in [3.8, 4) is 0 Å². The SMILES string of the molecule is NCC1(C(=O)NCCO)CCCCCC1. The molecule has 1 rings (SSSR count). The first-order valence-corrected chi connectivity index (χ1v) is 5.84. The number of nitrogens with two attached hydrogens (primary N) is 1. The molecule has 0 atom stereocenters. The molecule has 0 bridgehead atoms. The van der Waals surface area contributed by atoms with Gasteiger partial charge in [0.05, 0.1) is 12.0 Å². The predicted molar refractivity (Wildman–Crippen MR) is 59.3 cm³/mol. The topological polar surface area (TPSA) is 75.4 Å². The first-order chi connectivity index (χ1) is 7.25. The van der Waals surface area contributed by atoms with Crippen molar-refractivity contribution in [3.63, 3.8) is 0 Å². The maximum atomic E-state index is 12.0. The number of carbonyl (C=O) groups is 1. The minimum atomic E-state index is -0.369. The largest absolute Gasteiger partial charge is 0.395 e. The van der Waals surface area contributed by atoms with Crippen LogP contribution >= 0.6 is 0 Å². The zero-order valence-electron chi connectivity index (χ0n) is 9.30. The number of carbonyl (C=O) groups excluding carboxylic acids is 1. The molecular formula is C11H22N2O2. The summed E-state index contributed by atoms with van der Waals surface area (Å²) in [4.78, 5) is 12.0. The van der Waals surface area contributed by atoms with Crippen molar-refractivity contribution in [1.29, 1.82) is 0 Å². The molecular weight excluding hydrogens is 192 g/mol. The van der Waals surface area contributed by atoms with Crippen LogP contribution in [0.4, 0.5) is 0 Å². The summed E-state index contributed by atoms with van der Waals surface area (Å²) in [6, 6.07) is 0. The summed E-state index contributed by atoms with van der Waals surface area (Å²) in [5, 5.41) is 11.4. The zero-order valence-corrected chi connectivity index (χ0v) is 9.30. The lowest BCUT2D eigenvalue weighted by Crippen LogP contribution is -2.46. The van der Waals surface area contributed by atoms with Crippen molar-refractivity contribution >= 4 is 5.91 Å². The smallest absolute Gasteiger partial charge is 0.227 e. The van der Waals surface area contributed by atoms with E-state index in [-0.39, 0.29) is 17.9 Å². The minimum absolute atomic E-state index is 0.00755. The van der Waals surface area contributed by atoms with Crippen molar-refractivity contribution < 1.29 is 9.90 Å². The maximum absolute atomic E-state index is 12.0. The first kappa shape index (κ1) is 12.5. The van der Waals surface area contributed by atoms with E-state index in [1.807, 2.05) is 0 Å². The van der Waals surface area contributed by atoms with Gasteiger partial charge in [-0.2, -0.15) is 0 Å². The molecule has 4 nitrogen and oxygen atoms in total. The normalized spacial score (nSPS) is 20.7. The number of aliphatic hydroxyl groups is 1. The Morgan fingerprint density at radius 3 is 2.33 bits per heavy atom. The molecule has 0 aromatic rings. The molecule has 0 saturated heterocycles. The van der Waals surface area contributed by atoms with Crippen LogP contribution in [0.1, 0.15) is 38.5 Å². The Morgan fingerprint density at radius 1 is 1.27 bits per heavy atom. The van der Waals surface area contributed by atoms with E-state index in [4.69, 9.17) is 10.8 Å². The molecule has 88 valence electrons. The quantitative estimate of drug-likeness (QED) is 0.593. The van der Waals surface area contributed by atoms with Gasteiger partial charge in [-0.05, 0) is 12.8 Å². The Kier molecular flexibility index (Phi) is 5.05. The van der Waals surface area contributed by atoms with Crippen LogP contribution in [-0.2, 0) is 4.79 Å². The molecule has 0 aliphatic heterocycles. The number of nitrogens with one attached hydrogen (secondary N) is 1. The molecule has 0 aromatic carbocycles. The molecule has 1 aliphatic carbocycles. The maximum Gasteiger partial charge on any atom is 0.227 e. The lowest BCUT2D eigenvalue weighted by atomic mass is 9.79. The van der Waals surface area contributed by atoms with Gasteiger partial charge in [-0.1, -0.05) is 25.7 Å². The number of hydrogen-bond acceptors (Lipinski definition) is 3. The van der Waals surface area contributed by atoms with Crippen LogP contribution in [0.15, 0.2) is 0 Å². The zero-order chi connectivity index (χ0) is 11.1. The van der Waals surface area contributed by atoms with Crippen LogP contribution in [0.3, 0.4) is 0 Å². The van der Waals surface area contributed by atoms with Gasteiger partial charge in [-0.15, -0.1) is 0 Å². The Labute approximate surface area is 91.2 Å². The molecule has 1 saturated carbocycles. The number of rotatable bonds is 4. The minimum Gasteiger partial charge on any atom is -0.395 e. The van der Waals surface area contributed by atoms with Gasteiger partial charge in [0, 0.05) is 13.1 Å². The summed E-state index contributed by atoms with van der Waals surface area (Å²) >= 11 is 0. The Balaban J connectivity index is 2.59. The van der Waals surface area contributed by atoms with Crippen LogP contribution in [-0.4, -0.2) is 30.7 Å². The highest BCUT2D eigenvalue weighted by Crippen LogP contribution is 2.34. The molecule has 1 fully saturated rings. The fourth-order valence-corrected chi connectivity index (χ4v) is 2.29. The fourth-order valence-electron chi connectivity index (χ4n) is 2.29. The second-order valence-electron chi connectivity index (χ2n) is 4.38. The van der Waals surface area contributed by atoms with Crippen molar-refractivity contribution in [1.82, 2.24) is 5.32 Å². The summed E-state index contributed by atoms with van der Waals surface area (Å²) < 4.78 is 0. The van der Waals surface area contributed by atoms with Gasteiger partial charge in [0.1, 0.15) is 0 Å². The second kappa shape index (κ2) is 6.08. The molecule has 0 unspecified atom stereocenters. The van der Waals surface area contributed by atoms with Gasteiger partial charge in [0.25, 0.3) is 0 Å². The van der Waals surface area contributed by atoms with E-state index in [0.717, 1.165) is 25.7 Å². The Bertz CT molecular complexity index is 199. The van der Waals surface area contributed by atoms with Crippen molar-refractivity contribution in [2.45, 2.75) is 38.5 Å². The first-order valence-electron chi connectivity index (χ1n) is 5.84. The molecule has 1 aliphatic rings. The third kappa shape index (κ3) is 3.18. The standard InChI is InChI=1S/C11H22N2O2/c12-9-11(10(15)13-7-8-14)5-3-1-2-4-6-11/h14H,1-9,12H2,(H,13,15). The molecule has 0 spiro atoms. The monoisotopic (exact) mass is 214 g/mol. The Hall–Kier alpha value is -0.610. The van der Waals surface area contributed by atoms with Crippen LogP contribution < -0.4 is 11.1 Å². The highest BCUT2D eigenvalue weighted by atomic mass is 16.3. The molecule has 4 N–H and O–H groups in total. The van der Waals surface area contributed by atoms with E-state index < -0.39 is 0 Å². The number of amides is 1. The van der Waals surface area contributed by atoms with Gasteiger partial charge in [0.15, 0.2) is 0 Å². The van der Waals surface area contributed by atoms with Gasteiger partial charge in [-0.3, -0.25) is 4.79 Å². The third-order valence-corrected chi connectivity index (χ3v) is 3.33. The summed E-state index contributed by atoms with van der Waals surface area (Å²) in [5.74, 6) is 0.0287. The third-order valence-electron chi connectivity index (χ3n) is 3.33. The molecule has 0 heterocycles. The summed E-state index contributed by atoms with van der Waals surface area (Å²) in [6.45, 7) is 0.747. The van der Waals surface area contributed by atoms with Gasteiger partial charge in [0.2, 0.25) is 5.91 Å². The van der Waals surface area contributed by atoms with Gasteiger partial charge < -0.3 is 16.2 Å². The van der Waals surface area contributed by atoms with Gasteiger partial charge in [-0.25, -0.2) is 0 Å². The second-order valence-corrected chi connectivity index (χ2v) is 4.38. The van der Waals surface area contributed by atoms with E-state index in [2.05, 4.69) is 5.32 Å². The van der Waals surface area contributed by atoms with Crippen molar-refractivity contribution in [3.05, 3.63) is 0 Å². The van der Waals surface area contributed by atoms with Crippen molar-refractivity contribution in [2.75, 3.05) is 19.7 Å². The summed E-state index contributed by atoms with van der Waals surface area (Å²) in [7, 11) is 0. The predicted octanol–water partition coefficient (Wildman–Crippen LogP) is 0.394. The van der Waals surface area contributed by atoms with Crippen molar-refractivity contribution in [2.24, 2.45) is 11.1 Å². The Morgan fingerprint density at radius 2 is 1.87 bits per heavy atom. The lowest BCUT2D eigenvalue weighted by molar-refractivity contribution is -0.131. The average molecular weight is 214 g/mol. The van der Waals surface area contributed by atoms with E-state index in [1.54, 1.807) is 0 Å². The van der Waals surface area contributed by atoms with Crippen LogP contribution in [0.25, 0.3) is 0 Å². The summed E-state index contributed by atoms with van der Waals surface area (Å²) in [5.41, 5.74) is 5.39. The highest BCUT2D eigenvalue weighted by molar-refractivity contribution is 5.82. The average Bonchev–Trinajstić information content (AvgIpc) is 2.52. The molecule has 4 heteroatoms. The van der Waals surface area contributed by atoms with Crippen LogP contribution in [0, 0.1) is 5.41 Å². The number of hydrogen-bond donors (Lipinski definition) is 3. The fraction of sp³-hybridized carbons (Fsp3) is 0.909. The van der Waals surface area contributed by atoms with Gasteiger partial charge >= 0.3 is 0 Å².